The van der Waals surface area contributed by atoms with Gasteiger partial charge in [-0.2, -0.15) is 0 Å². The summed E-state index contributed by atoms with van der Waals surface area (Å²) in [5.74, 6) is -0.0173. The molecule has 0 unspecified atom stereocenters. The monoisotopic (exact) mass is 346 g/mol. The van der Waals surface area contributed by atoms with E-state index >= 15 is 0 Å². The zero-order chi connectivity index (χ0) is 17.7. The van der Waals surface area contributed by atoms with Gasteiger partial charge in [-0.15, -0.1) is 0 Å². The van der Waals surface area contributed by atoms with Crippen LogP contribution in [0.15, 0.2) is 42.5 Å². The first-order valence-corrected chi connectivity index (χ1v) is 7.76. The Labute approximate surface area is 146 Å². The highest BCUT2D eigenvalue weighted by Gasteiger charge is 2.19. The first kappa shape index (κ1) is 17.8. The van der Waals surface area contributed by atoms with Crippen molar-refractivity contribution >= 4 is 34.8 Å². The molecule has 2 aromatic rings. The lowest BCUT2D eigenvalue weighted by molar-refractivity contribution is -0.120. The minimum absolute atomic E-state index is 0.113. The van der Waals surface area contributed by atoms with Gasteiger partial charge < -0.3 is 10.1 Å². The van der Waals surface area contributed by atoms with E-state index in [1.807, 2.05) is 19.1 Å². The first-order chi connectivity index (χ1) is 11.4. The summed E-state index contributed by atoms with van der Waals surface area (Å²) in [7, 11) is 1.53. The molecule has 0 aliphatic heterocycles. The highest BCUT2D eigenvalue weighted by atomic mass is 35.5. The summed E-state index contributed by atoms with van der Waals surface area (Å²) in [4.78, 5) is 25.7. The molecule has 0 spiro atoms. The van der Waals surface area contributed by atoms with Gasteiger partial charge in [-0.05, 0) is 48.9 Å². The summed E-state index contributed by atoms with van der Waals surface area (Å²) >= 11 is 5.82. The van der Waals surface area contributed by atoms with Gasteiger partial charge in [0.05, 0.1) is 12.8 Å². The third kappa shape index (κ3) is 4.49. The average Bonchev–Trinajstić information content (AvgIpc) is 2.54. The number of hydrogen-bond donors (Lipinski definition) is 1. The second-order valence-corrected chi connectivity index (χ2v) is 5.77. The highest BCUT2D eigenvalue weighted by molar-refractivity contribution is 6.30. The van der Waals surface area contributed by atoms with E-state index < -0.39 is 0 Å². The number of nitrogens with one attached hydrogen (secondary N) is 1. The fraction of sp³-hybridized carbons (Fsp3) is 0.222. The molecular formula is C18H19ClN2O3. The zero-order valence-electron chi connectivity index (χ0n) is 13.8. The second kappa shape index (κ2) is 7.84. The maximum absolute atomic E-state index is 12.3. The molecule has 126 valence electrons. The standard InChI is InChI=1S/C18H19ClN2O3/c1-12-4-9-17(24-3)16(10-12)21(13(2)22)11-18(23)20-15-7-5-14(19)6-8-15/h4-10H,11H2,1-3H3,(H,20,23). The minimum atomic E-state index is -0.309. The molecular weight excluding hydrogens is 328 g/mol. The van der Waals surface area contributed by atoms with Gasteiger partial charge in [0.2, 0.25) is 11.8 Å². The molecule has 1 N–H and O–H groups in total. The van der Waals surface area contributed by atoms with Crippen molar-refractivity contribution in [3.63, 3.8) is 0 Å². The van der Waals surface area contributed by atoms with Crippen molar-refractivity contribution in [3.05, 3.63) is 53.1 Å². The van der Waals surface area contributed by atoms with Gasteiger partial charge in [-0.3, -0.25) is 14.5 Å². The van der Waals surface area contributed by atoms with Crippen LogP contribution in [0, 0.1) is 6.92 Å². The van der Waals surface area contributed by atoms with E-state index in [1.54, 1.807) is 30.3 Å². The summed E-state index contributed by atoms with van der Waals surface area (Å²) < 4.78 is 5.30. The smallest absolute Gasteiger partial charge is 0.244 e. The molecule has 0 fully saturated rings. The molecule has 0 aromatic heterocycles. The lowest BCUT2D eigenvalue weighted by atomic mass is 10.2. The predicted molar refractivity (Wildman–Crippen MR) is 95.8 cm³/mol. The number of benzene rings is 2. The number of anilines is 2. The Bertz CT molecular complexity index is 744. The first-order valence-electron chi connectivity index (χ1n) is 7.39. The molecule has 5 nitrogen and oxygen atoms in total. The molecule has 0 atom stereocenters. The molecule has 0 heterocycles. The lowest BCUT2D eigenvalue weighted by Crippen LogP contribution is -2.37. The van der Waals surface area contributed by atoms with Gasteiger partial charge in [0.1, 0.15) is 12.3 Å². The number of amides is 2. The van der Waals surface area contributed by atoms with E-state index in [4.69, 9.17) is 16.3 Å². The Kier molecular flexibility index (Phi) is 5.82. The summed E-state index contributed by atoms with van der Waals surface area (Å²) in [5, 5.41) is 3.33. The topological polar surface area (TPSA) is 58.6 Å². The van der Waals surface area contributed by atoms with Crippen LogP contribution in [-0.4, -0.2) is 25.5 Å². The summed E-state index contributed by atoms with van der Waals surface area (Å²) in [6, 6.07) is 12.2. The van der Waals surface area contributed by atoms with Crippen LogP contribution in [0.4, 0.5) is 11.4 Å². The number of methoxy groups -OCH3 is 1. The van der Waals surface area contributed by atoms with Crippen molar-refractivity contribution in [1.82, 2.24) is 0 Å². The summed E-state index contributed by atoms with van der Waals surface area (Å²) in [6.45, 7) is 3.21. The van der Waals surface area contributed by atoms with Crippen LogP contribution in [0.1, 0.15) is 12.5 Å². The number of carbonyl (C=O) groups is 2. The SMILES string of the molecule is COc1ccc(C)cc1N(CC(=O)Nc1ccc(Cl)cc1)C(C)=O. The Morgan fingerprint density at radius 3 is 2.42 bits per heavy atom. The largest absolute Gasteiger partial charge is 0.495 e. The molecule has 0 radical (unpaired) electrons. The molecule has 0 bridgehead atoms. The van der Waals surface area contributed by atoms with Crippen molar-refractivity contribution in [1.29, 1.82) is 0 Å². The molecule has 2 rings (SSSR count). The third-order valence-corrected chi connectivity index (χ3v) is 3.69. The maximum Gasteiger partial charge on any atom is 0.244 e. The van der Waals surface area contributed by atoms with Crippen molar-refractivity contribution in [2.75, 3.05) is 23.9 Å². The van der Waals surface area contributed by atoms with Crippen molar-refractivity contribution in [3.8, 4) is 5.75 Å². The molecule has 0 aliphatic rings. The van der Waals surface area contributed by atoms with E-state index in [1.165, 1.54) is 18.9 Å². The molecule has 0 aliphatic carbocycles. The van der Waals surface area contributed by atoms with Gasteiger partial charge in [0, 0.05) is 17.6 Å². The van der Waals surface area contributed by atoms with Crippen LogP contribution < -0.4 is 15.0 Å². The maximum atomic E-state index is 12.3. The minimum Gasteiger partial charge on any atom is -0.495 e. The zero-order valence-corrected chi connectivity index (χ0v) is 14.6. The lowest BCUT2D eigenvalue weighted by Gasteiger charge is -2.23. The Hall–Kier alpha value is -2.53. The van der Waals surface area contributed by atoms with E-state index in [0.29, 0.717) is 22.1 Å². The van der Waals surface area contributed by atoms with Crippen molar-refractivity contribution < 1.29 is 14.3 Å². The number of halogens is 1. The van der Waals surface area contributed by atoms with Gasteiger partial charge in [-0.25, -0.2) is 0 Å². The predicted octanol–water partition coefficient (Wildman–Crippen LogP) is 3.65. The van der Waals surface area contributed by atoms with Crippen molar-refractivity contribution in [2.45, 2.75) is 13.8 Å². The normalized spacial score (nSPS) is 10.2. The van der Waals surface area contributed by atoms with Crippen LogP contribution in [0.25, 0.3) is 0 Å². The number of aryl methyl sites for hydroxylation is 1. The summed E-state index contributed by atoms with van der Waals surface area (Å²) in [6.07, 6.45) is 0. The van der Waals surface area contributed by atoms with Crippen LogP contribution in [0.3, 0.4) is 0 Å². The number of rotatable bonds is 5. The van der Waals surface area contributed by atoms with Crippen LogP contribution in [-0.2, 0) is 9.59 Å². The van der Waals surface area contributed by atoms with Crippen LogP contribution in [0.5, 0.6) is 5.75 Å². The van der Waals surface area contributed by atoms with Crippen molar-refractivity contribution in [2.24, 2.45) is 0 Å². The number of ether oxygens (including phenoxy) is 1. The quantitative estimate of drug-likeness (QED) is 0.899. The molecule has 0 saturated heterocycles. The fourth-order valence-electron chi connectivity index (χ4n) is 2.25. The molecule has 2 amide bonds. The van der Waals surface area contributed by atoms with E-state index in [9.17, 15) is 9.59 Å². The highest BCUT2D eigenvalue weighted by Crippen LogP contribution is 2.29. The van der Waals surface area contributed by atoms with Gasteiger partial charge in [-0.1, -0.05) is 17.7 Å². The number of hydrogen-bond acceptors (Lipinski definition) is 3. The van der Waals surface area contributed by atoms with E-state index in [-0.39, 0.29) is 18.4 Å². The van der Waals surface area contributed by atoms with Gasteiger partial charge in [0.25, 0.3) is 0 Å². The van der Waals surface area contributed by atoms with Crippen LogP contribution >= 0.6 is 11.6 Å². The van der Waals surface area contributed by atoms with Gasteiger partial charge >= 0.3 is 0 Å². The third-order valence-electron chi connectivity index (χ3n) is 3.43. The van der Waals surface area contributed by atoms with E-state index in [2.05, 4.69) is 5.32 Å². The molecule has 0 saturated carbocycles. The Morgan fingerprint density at radius 2 is 1.83 bits per heavy atom. The van der Waals surface area contributed by atoms with E-state index in [0.717, 1.165) is 5.56 Å². The molecule has 24 heavy (non-hydrogen) atoms. The molecule has 2 aromatic carbocycles. The Balaban J connectivity index is 2.19. The van der Waals surface area contributed by atoms with Gasteiger partial charge in [0.15, 0.2) is 0 Å². The summed E-state index contributed by atoms with van der Waals surface area (Å²) in [5.41, 5.74) is 2.15. The fourth-order valence-corrected chi connectivity index (χ4v) is 2.38. The number of nitrogens with zero attached hydrogens (tertiary/aromatic N) is 1. The molecule has 6 heteroatoms. The second-order valence-electron chi connectivity index (χ2n) is 5.34. The Morgan fingerprint density at radius 1 is 1.17 bits per heavy atom. The van der Waals surface area contributed by atoms with Crippen LogP contribution in [0.2, 0.25) is 5.02 Å². The number of carbonyl (C=O) groups excluding carboxylic acids is 2. The average molecular weight is 347 g/mol.